The van der Waals surface area contributed by atoms with Crippen LogP contribution in [0.4, 0.5) is 5.69 Å². The van der Waals surface area contributed by atoms with E-state index in [-0.39, 0.29) is 35.3 Å². The van der Waals surface area contributed by atoms with Crippen molar-refractivity contribution in [3.05, 3.63) is 52.6 Å². The van der Waals surface area contributed by atoms with E-state index in [9.17, 15) is 19.2 Å². The van der Waals surface area contributed by atoms with Gasteiger partial charge in [-0.05, 0) is 112 Å². The van der Waals surface area contributed by atoms with Crippen molar-refractivity contribution in [2.75, 3.05) is 57.8 Å². The molecule has 0 spiro atoms. The fourth-order valence-electron chi connectivity index (χ4n) is 10.5. The number of benzene rings is 1. The number of carbonyl (C=O) groups excluding carboxylic acids is 4. The summed E-state index contributed by atoms with van der Waals surface area (Å²) < 4.78 is 6.09. The van der Waals surface area contributed by atoms with Gasteiger partial charge in [0.25, 0.3) is 0 Å². The van der Waals surface area contributed by atoms with E-state index in [1.165, 1.54) is 54.2 Å². The van der Waals surface area contributed by atoms with Gasteiger partial charge in [0, 0.05) is 70.1 Å². The Morgan fingerprint density at radius 1 is 0.940 bits per heavy atom. The summed E-state index contributed by atoms with van der Waals surface area (Å²) in [5.41, 5.74) is 10.3. The first kappa shape index (κ1) is 36.5. The number of unbranched alkanes of at least 4 members (excludes halogenated alkanes) is 3. The maximum absolute atomic E-state index is 13.4. The normalized spacial score (nSPS) is 29.9. The number of piperazine rings is 1. The van der Waals surface area contributed by atoms with Gasteiger partial charge in [-0.2, -0.15) is 0 Å². The second-order valence-corrected chi connectivity index (χ2v) is 16.0. The van der Waals surface area contributed by atoms with Gasteiger partial charge in [-0.25, -0.2) is 0 Å². The summed E-state index contributed by atoms with van der Waals surface area (Å²) in [5, 5.41) is 0. The second kappa shape index (κ2) is 15.1. The van der Waals surface area contributed by atoms with Crippen LogP contribution in [0.2, 0.25) is 0 Å². The molecular formula is C41H58N4O5. The number of primary amides is 1. The van der Waals surface area contributed by atoms with E-state index >= 15 is 0 Å². The number of esters is 1. The van der Waals surface area contributed by atoms with Gasteiger partial charge < -0.3 is 20.3 Å². The molecule has 0 bridgehead atoms. The predicted octanol–water partition coefficient (Wildman–Crippen LogP) is 5.58. The Morgan fingerprint density at radius 2 is 1.64 bits per heavy atom. The van der Waals surface area contributed by atoms with Crippen LogP contribution in [0.1, 0.15) is 103 Å². The van der Waals surface area contributed by atoms with Crippen LogP contribution in [-0.2, 0) is 23.9 Å². The van der Waals surface area contributed by atoms with Gasteiger partial charge in [-0.15, -0.1) is 0 Å². The third-order valence-electron chi connectivity index (χ3n) is 13.0. The lowest BCUT2D eigenvalue weighted by molar-refractivity contribution is -0.182. The van der Waals surface area contributed by atoms with Gasteiger partial charge in [0.05, 0.1) is 6.54 Å². The number of Topliss-reactive ketones (excluding diaryl/α,β-unsaturated/α-hetero) is 1. The molecule has 1 aromatic rings. The largest absolute Gasteiger partial charge is 0.451 e. The summed E-state index contributed by atoms with van der Waals surface area (Å²) in [6.45, 7) is 11.6. The molecule has 0 radical (unpaired) electrons. The molecule has 4 aliphatic carbocycles. The molecule has 50 heavy (non-hydrogen) atoms. The molecule has 272 valence electrons. The van der Waals surface area contributed by atoms with Crippen molar-refractivity contribution in [2.45, 2.75) is 103 Å². The zero-order chi connectivity index (χ0) is 35.6. The average molecular weight is 687 g/mol. The van der Waals surface area contributed by atoms with E-state index in [2.05, 4.69) is 52.9 Å². The van der Waals surface area contributed by atoms with Crippen LogP contribution < -0.4 is 10.6 Å². The van der Waals surface area contributed by atoms with Crippen LogP contribution in [0.5, 0.6) is 0 Å². The number of allylic oxidation sites excluding steroid dienone is 4. The molecule has 3 fully saturated rings. The maximum Gasteiger partial charge on any atom is 0.303 e. The number of ether oxygens (including phenoxy) is 1. The Balaban J connectivity index is 1.12. The highest BCUT2D eigenvalue weighted by Gasteiger charge is 2.67. The molecule has 1 aliphatic heterocycles. The van der Waals surface area contributed by atoms with Gasteiger partial charge in [0.1, 0.15) is 0 Å². The number of carbonyl (C=O) groups is 4. The van der Waals surface area contributed by atoms with Gasteiger partial charge in [0.2, 0.25) is 5.91 Å². The number of ketones is 2. The highest BCUT2D eigenvalue weighted by molar-refractivity contribution is 5.93. The Bertz CT molecular complexity index is 1530. The zero-order valence-electron chi connectivity index (χ0n) is 30.8. The number of anilines is 1. The van der Waals surface area contributed by atoms with Gasteiger partial charge in [0.15, 0.2) is 17.2 Å². The summed E-state index contributed by atoms with van der Waals surface area (Å²) in [7, 11) is 2.17. The van der Waals surface area contributed by atoms with E-state index in [1.54, 1.807) is 6.92 Å². The lowest BCUT2D eigenvalue weighted by Gasteiger charge is -2.55. The number of hydrogen-bond acceptors (Lipinski definition) is 8. The molecule has 1 heterocycles. The standard InChI is InChI=1S/C41H58N4O5/c1-28(46)41(50-29(2)47)18-17-37-35-15-11-31-25-33(48)14-16-34(31)39(35)36(26-40(37,41)3)30-9-12-32(13-10-30)43(4)19-7-5-6-8-20-44-21-23-45(24-22-44)27-38(42)49/h9-10,12-13,25,35-37H,5-8,11,14-24,26-27H2,1-4H3,(H2,42,49)/t35?,36-,37?,40+,41+/m1/s1. The molecule has 2 saturated carbocycles. The summed E-state index contributed by atoms with van der Waals surface area (Å²) in [6.07, 6.45) is 12.1. The van der Waals surface area contributed by atoms with Gasteiger partial charge >= 0.3 is 5.97 Å². The SMILES string of the molecule is CC(=O)O[C@]1(C(C)=O)CCC2C3CCC4=CC(=O)CCC4=C3[C@@H](c3ccc(N(C)CCCCCCN4CCN(CC(N)=O)CC4)cc3)C[C@@]21C. The third kappa shape index (κ3) is 7.22. The first-order chi connectivity index (χ1) is 23.9. The van der Waals surface area contributed by atoms with Crippen molar-refractivity contribution < 1.29 is 23.9 Å². The second-order valence-electron chi connectivity index (χ2n) is 16.0. The summed E-state index contributed by atoms with van der Waals surface area (Å²) >= 11 is 0. The highest BCUT2D eigenvalue weighted by Crippen LogP contribution is 2.67. The minimum atomic E-state index is -1.10. The van der Waals surface area contributed by atoms with Gasteiger partial charge in [-0.1, -0.05) is 37.5 Å². The highest BCUT2D eigenvalue weighted by atomic mass is 16.6. The Labute approximate surface area is 298 Å². The zero-order valence-corrected chi connectivity index (χ0v) is 30.8. The van der Waals surface area contributed by atoms with Crippen LogP contribution >= 0.6 is 0 Å². The lowest BCUT2D eigenvalue weighted by Crippen LogP contribution is -2.57. The molecule has 1 aromatic carbocycles. The first-order valence-electron chi connectivity index (χ1n) is 19.1. The molecule has 9 nitrogen and oxygen atoms in total. The van der Waals surface area contributed by atoms with E-state index in [0.717, 1.165) is 77.8 Å². The number of nitrogens with two attached hydrogens (primary N) is 1. The fraction of sp³-hybridized carbons (Fsp3) is 0.659. The minimum absolute atomic E-state index is 0.0379. The molecule has 6 rings (SSSR count). The molecule has 9 heteroatoms. The van der Waals surface area contributed by atoms with E-state index < -0.39 is 11.0 Å². The fourth-order valence-corrected chi connectivity index (χ4v) is 10.5. The number of amides is 1. The Kier molecular flexibility index (Phi) is 11.0. The van der Waals surface area contributed by atoms with Crippen LogP contribution in [0.3, 0.4) is 0 Å². The molecule has 2 unspecified atom stereocenters. The van der Waals surface area contributed by atoms with Crippen molar-refractivity contribution in [3.8, 4) is 0 Å². The van der Waals surface area contributed by atoms with Gasteiger partial charge in [-0.3, -0.25) is 24.1 Å². The summed E-state index contributed by atoms with van der Waals surface area (Å²) in [6, 6.07) is 9.03. The molecule has 5 aliphatic rings. The summed E-state index contributed by atoms with van der Waals surface area (Å²) in [5.74, 6) is 0.236. The van der Waals surface area contributed by atoms with Crippen molar-refractivity contribution in [1.82, 2.24) is 9.80 Å². The van der Waals surface area contributed by atoms with Crippen LogP contribution in [0.25, 0.3) is 0 Å². The monoisotopic (exact) mass is 686 g/mol. The van der Waals surface area contributed by atoms with Crippen LogP contribution in [-0.4, -0.2) is 91.7 Å². The van der Waals surface area contributed by atoms with Crippen molar-refractivity contribution in [1.29, 1.82) is 0 Å². The van der Waals surface area contributed by atoms with Crippen LogP contribution in [0.15, 0.2) is 47.1 Å². The summed E-state index contributed by atoms with van der Waals surface area (Å²) in [4.78, 5) is 56.5. The number of nitrogens with zero attached hydrogens (tertiary/aromatic N) is 3. The number of rotatable bonds is 13. The molecule has 2 N–H and O–H groups in total. The third-order valence-corrected chi connectivity index (χ3v) is 13.0. The molecule has 1 amide bonds. The van der Waals surface area contributed by atoms with Crippen molar-refractivity contribution in [2.24, 2.45) is 23.0 Å². The van der Waals surface area contributed by atoms with E-state index in [1.807, 2.05) is 6.08 Å². The van der Waals surface area contributed by atoms with Crippen molar-refractivity contribution in [3.63, 3.8) is 0 Å². The Morgan fingerprint density at radius 3 is 2.32 bits per heavy atom. The molecule has 5 atom stereocenters. The van der Waals surface area contributed by atoms with Crippen molar-refractivity contribution >= 4 is 29.1 Å². The average Bonchev–Trinajstić information content (AvgIpc) is 3.38. The number of fused-ring (bicyclic) bond motifs is 4. The molecule has 1 saturated heterocycles. The first-order valence-corrected chi connectivity index (χ1v) is 19.1. The quantitative estimate of drug-likeness (QED) is 0.212. The predicted molar refractivity (Wildman–Crippen MR) is 196 cm³/mol. The van der Waals surface area contributed by atoms with E-state index in [0.29, 0.717) is 25.3 Å². The topological polar surface area (TPSA) is 113 Å². The maximum atomic E-state index is 13.4. The van der Waals surface area contributed by atoms with E-state index in [4.69, 9.17) is 10.5 Å². The smallest absolute Gasteiger partial charge is 0.303 e. The minimum Gasteiger partial charge on any atom is -0.451 e. The molecule has 0 aromatic heterocycles. The number of hydrogen-bond donors (Lipinski definition) is 1. The van der Waals surface area contributed by atoms with Crippen LogP contribution in [0, 0.1) is 17.3 Å². The Hall–Kier alpha value is -3.30. The lowest BCUT2D eigenvalue weighted by atomic mass is 9.50. The molecular weight excluding hydrogens is 628 g/mol.